The van der Waals surface area contributed by atoms with E-state index in [9.17, 15) is 13.6 Å². The second kappa shape index (κ2) is 5.31. The molecule has 4 nitrogen and oxygen atoms in total. The average molecular weight is 328 g/mol. The van der Waals surface area contributed by atoms with Gasteiger partial charge in [0.25, 0.3) is 5.91 Å². The van der Waals surface area contributed by atoms with E-state index >= 15 is 0 Å². The molecule has 98 valence electrons. The lowest BCUT2D eigenvalue weighted by Gasteiger charge is -2.07. The molecule has 0 aliphatic carbocycles. The van der Waals surface area contributed by atoms with Crippen molar-refractivity contribution in [2.75, 3.05) is 11.1 Å². The Hall–Kier alpha value is -2.02. The molecule has 7 heteroatoms. The summed E-state index contributed by atoms with van der Waals surface area (Å²) in [7, 11) is 0. The van der Waals surface area contributed by atoms with E-state index in [0.29, 0.717) is 11.8 Å². The predicted octanol–water partition coefficient (Wildman–Crippen LogP) is 2.96. The Bertz CT molecular complexity index is 632. The Balaban J connectivity index is 2.24. The normalized spacial score (nSPS) is 10.3. The molecule has 1 amide bonds. The van der Waals surface area contributed by atoms with E-state index in [1.54, 1.807) is 0 Å². The molecule has 1 aromatic carbocycles. The Morgan fingerprint density at radius 2 is 2.00 bits per heavy atom. The summed E-state index contributed by atoms with van der Waals surface area (Å²) in [6, 6.07) is 4.72. The van der Waals surface area contributed by atoms with Crippen LogP contribution in [0, 0.1) is 11.6 Å². The molecule has 0 aliphatic heterocycles. The first-order chi connectivity index (χ1) is 8.97. The minimum absolute atomic E-state index is 0.0504. The molecule has 0 saturated carbocycles. The van der Waals surface area contributed by atoms with Crippen LogP contribution < -0.4 is 11.1 Å². The zero-order valence-electron chi connectivity index (χ0n) is 9.45. The summed E-state index contributed by atoms with van der Waals surface area (Å²) in [5.41, 5.74) is 5.78. The second-order valence-corrected chi connectivity index (χ2v) is 4.53. The zero-order valence-corrected chi connectivity index (χ0v) is 11.0. The molecule has 1 aromatic heterocycles. The number of nitrogen functional groups attached to an aromatic ring is 1. The molecule has 19 heavy (non-hydrogen) atoms. The maximum absolute atomic E-state index is 13.5. The molecule has 2 rings (SSSR count). The quantitative estimate of drug-likeness (QED) is 0.833. The minimum atomic E-state index is -0.871. The van der Waals surface area contributed by atoms with Crippen molar-refractivity contribution >= 4 is 33.2 Å². The SMILES string of the molecule is Nc1ccc(C(=O)Nc2cc(Br)c(F)cc2F)nc1. The number of benzene rings is 1. The van der Waals surface area contributed by atoms with Gasteiger partial charge in [0, 0.05) is 6.07 Å². The molecule has 3 N–H and O–H groups in total. The van der Waals surface area contributed by atoms with Gasteiger partial charge in [-0.3, -0.25) is 4.79 Å². The smallest absolute Gasteiger partial charge is 0.274 e. The third kappa shape index (κ3) is 3.05. The van der Waals surface area contributed by atoms with Gasteiger partial charge in [0.2, 0.25) is 0 Å². The van der Waals surface area contributed by atoms with Gasteiger partial charge in [0.05, 0.1) is 22.0 Å². The highest BCUT2D eigenvalue weighted by Gasteiger charge is 2.13. The third-order valence-corrected chi connectivity index (χ3v) is 2.88. The van der Waals surface area contributed by atoms with Crippen LogP contribution in [0.2, 0.25) is 0 Å². The van der Waals surface area contributed by atoms with Crippen LogP contribution >= 0.6 is 15.9 Å². The van der Waals surface area contributed by atoms with E-state index < -0.39 is 17.5 Å². The van der Waals surface area contributed by atoms with Crippen LogP contribution in [0.5, 0.6) is 0 Å². The van der Waals surface area contributed by atoms with E-state index in [2.05, 4.69) is 26.2 Å². The van der Waals surface area contributed by atoms with Crippen LogP contribution in [0.1, 0.15) is 10.5 Å². The van der Waals surface area contributed by atoms with E-state index in [4.69, 9.17) is 5.73 Å². The molecule has 0 atom stereocenters. The highest BCUT2D eigenvalue weighted by atomic mass is 79.9. The van der Waals surface area contributed by atoms with Crippen molar-refractivity contribution in [2.45, 2.75) is 0 Å². The fraction of sp³-hybridized carbons (Fsp3) is 0. The molecule has 0 radical (unpaired) electrons. The number of hydrogen-bond donors (Lipinski definition) is 2. The lowest BCUT2D eigenvalue weighted by atomic mass is 10.2. The molecule has 1 heterocycles. The average Bonchev–Trinajstić information content (AvgIpc) is 2.36. The van der Waals surface area contributed by atoms with Crippen LogP contribution in [-0.4, -0.2) is 10.9 Å². The lowest BCUT2D eigenvalue weighted by Crippen LogP contribution is -2.14. The zero-order chi connectivity index (χ0) is 14.0. The fourth-order valence-electron chi connectivity index (χ4n) is 1.34. The summed E-state index contributed by atoms with van der Waals surface area (Å²) in [4.78, 5) is 15.6. The summed E-state index contributed by atoms with van der Waals surface area (Å²) < 4.78 is 26.5. The van der Waals surface area contributed by atoms with Gasteiger partial charge in [0.15, 0.2) is 0 Å². The Morgan fingerprint density at radius 3 is 2.63 bits per heavy atom. The van der Waals surface area contributed by atoms with Gasteiger partial charge in [-0.25, -0.2) is 13.8 Å². The number of carbonyl (C=O) groups is 1. The number of carbonyl (C=O) groups excluding carboxylic acids is 1. The fourth-order valence-corrected chi connectivity index (χ4v) is 1.69. The largest absolute Gasteiger partial charge is 0.397 e. The van der Waals surface area contributed by atoms with Crippen LogP contribution in [0.25, 0.3) is 0 Å². The molecule has 0 unspecified atom stereocenters. The lowest BCUT2D eigenvalue weighted by molar-refractivity contribution is 0.102. The molecule has 0 aliphatic rings. The maximum Gasteiger partial charge on any atom is 0.274 e. The van der Waals surface area contributed by atoms with Crippen LogP contribution in [-0.2, 0) is 0 Å². The van der Waals surface area contributed by atoms with Crippen LogP contribution in [0.3, 0.4) is 0 Å². The number of amides is 1. The predicted molar refractivity (Wildman–Crippen MR) is 70.7 cm³/mol. The Kier molecular flexibility index (Phi) is 3.75. The number of nitrogens with zero attached hydrogens (tertiary/aromatic N) is 1. The molecule has 0 fully saturated rings. The monoisotopic (exact) mass is 327 g/mol. The number of pyridine rings is 1. The summed E-state index contributed by atoms with van der Waals surface area (Å²) in [6.45, 7) is 0. The van der Waals surface area contributed by atoms with Gasteiger partial charge >= 0.3 is 0 Å². The first-order valence-electron chi connectivity index (χ1n) is 5.15. The van der Waals surface area contributed by atoms with Crippen LogP contribution in [0.15, 0.2) is 34.9 Å². The molecule has 0 saturated heterocycles. The van der Waals surface area contributed by atoms with Gasteiger partial charge in [0.1, 0.15) is 17.3 Å². The minimum Gasteiger partial charge on any atom is -0.397 e. The van der Waals surface area contributed by atoms with Gasteiger partial charge in [-0.15, -0.1) is 0 Å². The number of aromatic nitrogens is 1. The first kappa shape index (κ1) is 13.4. The van der Waals surface area contributed by atoms with Gasteiger partial charge in [-0.05, 0) is 34.1 Å². The van der Waals surface area contributed by atoms with E-state index in [1.165, 1.54) is 18.3 Å². The van der Waals surface area contributed by atoms with Crippen LogP contribution in [0.4, 0.5) is 20.2 Å². The van der Waals surface area contributed by atoms with Crippen molar-refractivity contribution in [1.82, 2.24) is 4.98 Å². The first-order valence-corrected chi connectivity index (χ1v) is 5.94. The summed E-state index contributed by atoms with van der Waals surface area (Å²) in [5.74, 6) is -2.23. The number of rotatable bonds is 2. The highest BCUT2D eigenvalue weighted by Crippen LogP contribution is 2.24. The highest BCUT2D eigenvalue weighted by molar-refractivity contribution is 9.10. The third-order valence-electron chi connectivity index (χ3n) is 2.28. The standard InChI is InChI=1S/C12H8BrF2N3O/c13-7-3-11(9(15)4-8(7)14)18-12(19)10-2-1-6(16)5-17-10/h1-5H,16H2,(H,18,19). The van der Waals surface area contributed by atoms with E-state index in [0.717, 1.165) is 6.07 Å². The van der Waals surface area contributed by atoms with Crippen molar-refractivity contribution < 1.29 is 13.6 Å². The van der Waals surface area contributed by atoms with Gasteiger partial charge in [-0.2, -0.15) is 0 Å². The van der Waals surface area contributed by atoms with Crippen molar-refractivity contribution in [3.8, 4) is 0 Å². The number of anilines is 2. The number of halogens is 3. The molecule has 2 aromatic rings. The molecule has 0 spiro atoms. The van der Waals surface area contributed by atoms with Crippen molar-refractivity contribution in [3.05, 3.63) is 52.3 Å². The summed E-state index contributed by atoms with van der Waals surface area (Å²) >= 11 is 2.91. The maximum atomic E-state index is 13.5. The van der Waals surface area contributed by atoms with E-state index in [1.807, 2.05) is 0 Å². The summed E-state index contributed by atoms with van der Waals surface area (Å²) in [6.07, 6.45) is 1.31. The van der Waals surface area contributed by atoms with Gasteiger partial charge < -0.3 is 11.1 Å². The van der Waals surface area contributed by atoms with Crippen molar-refractivity contribution in [3.63, 3.8) is 0 Å². The second-order valence-electron chi connectivity index (χ2n) is 3.68. The molecular formula is C12H8BrF2N3O. The molecule has 0 bridgehead atoms. The van der Waals surface area contributed by atoms with Crippen molar-refractivity contribution in [1.29, 1.82) is 0 Å². The topological polar surface area (TPSA) is 68.0 Å². The Labute approximate surface area is 115 Å². The Morgan fingerprint density at radius 1 is 1.26 bits per heavy atom. The number of nitrogens with two attached hydrogens (primary N) is 1. The number of nitrogens with one attached hydrogen (secondary N) is 1. The van der Waals surface area contributed by atoms with E-state index in [-0.39, 0.29) is 15.9 Å². The molecular weight excluding hydrogens is 320 g/mol. The van der Waals surface area contributed by atoms with Gasteiger partial charge in [-0.1, -0.05) is 0 Å². The number of hydrogen-bond acceptors (Lipinski definition) is 3. The summed E-state index contributed by atoms with van der Waals surface area (Å²) in [5, 5.41) is 2.30. The van der Waals surface area contributed by atoms with Crippen molar-refractivity contribution in [2.24, 2.45) is 0 Å².